The standard InChI is InChI=1S/C26H39N5O4/c1-26(2,3)35-19-22(32)17-28-9-11-29(12-10-28)18-24-27-23(20-34-24)25(33)31-15-13-30(14-16-31)21-7-5-4-6-8-21/h4-8,20,22,32H,9-19H2,1-3H3. The van der Waals surface area contributed by atoms with Crippen molar-refractivity contribution in [3.05, 3.63) is 48.2 Å². The number of oxazole rings is 1. The fourth-order valence-corrected chi connectivity index (χ4v) is 4.47. The molecular weight excluding hydrogens is 446 g/mol. The molecule has 3 heterocycles. The molecule has 2 fully saturated rings. The maximum atomic E-state index is 12.9. The van der Waals surface area contributed by atoms with Crippen LogP contribution in [0.1, 0.15) is 37.2 Å². The molecule has 0 aliphatic carbocycles. The van der Waals surface area contributed by atoms with Gasteiger partial charge in [0.05, 0.1) is 24.9 Å². The van der Waals surface area contributed by atoms with E-state index in [2.05, 4.69) is 31.8 Å². The Balaban J connectivity index is 1.19. The highest BCUT2D eigenvalue weighted by molar-refractivity contribution is 5.92. The zero-order chi connectivity index (χ0) is 24.8. The summed E-state index contributed by atoms with van der Waals surface area (Å²) in [4.78, 5) is 26.1. The second-order valence-electron chi connectivity index (χ2n) is 10.4. The van der Waals surface area contributed by atoms with Crippen LogP contribution >= 0.6 is 0 Å². The highest BCUT2D eigenvalue weighted by Crippen LogP contribution is 2.17. The van der Waals surface area contributed by atoms with Gasteiger partial charge in [-0.05, 0) is 32.9 Å². The molecule has 0 spiro atoms. The Morgan fingerprint density at radius 1 is 1.03 bits per heavy atom. The predicted molar refractivity (Wildman–Crippen MR) is 134 cm³/mol. The van der Waals surface area contributed by atoms with Crippen molar-refractivity contribution in [1.29, 1.82) is 0 Å². The largest absolute Gasteiger partial charge is 0.447 e. The Morgan fingerprint density at radius 3 is 2.34 bits per heavy atom. The maximum Gasteiger partial charge on any atom is 0.275 e. The number of nitrogens with zero attached hydrogens (tertiary/aromatic N) is 5. The van der Waals surface area contributed by atoms with E-state index >= 15 is 0 Å². The Morgan fingerprint density at radius 2 is 1.69 bits per heavy atom. The molecule has 1 atom stereocenters. The lowest BCUT2D eigenvalue weighted by Gasteiger charge is -2.35. The van der Waals surface area contributed by atoms with Crippen LogP contribution in [0.25, 0.3) is 0 Å². The number of hydrogen-bond acceptors (Lipinski definition) is 8. The average molecular weight is 486 g/mol. The summed E-state index contributed by atoms with van der Waals surface area (Å²) >= 11 is 0. The van der Waals surface area contributed by atoms with Crippen LogP contribution in [0.3, 0.4) is 0 Å². The van der Waals surface area contributed by atoms with E-state index in [-0.39, 0.29) is 11.5 Å². The predicted octanol–water partition coefficient (Wildman–Crippen LogP) is 1.93. The first-order valence-corrected chi connectivity index (χ1v) is 12.6. The molecule has 1 amide bonds. The minimum absolute atomic E-state index is 0.0657. The summed E-state index contributed by atoms with van der Waals surface area (Å²) in [6.07, 6.45) is 0.999. The first-order chi connectivity index (χ1) is 16.8. The van der Waals surface area contributed by atoms with Gasteiger partial charge in [0.25, 0.3) is 5.91 Å². The van der Waals surface area contributed by atoms with Gasteiger partial charge in [-0.15, -0.1) is 0 Å². The van der Waals surface area contributed by atoms with Crippen LogP contribution in [-0.4, -0.2) is 108 Å². The van der Waals surface area contributed by atoms with Gasteiger partial charge in [0.1, 0.15) is 6.26 Å². The second kappa shape index (κ2) is 11.5. The third-order valence-electron chi connectivity index (χ3n) is 6.46. The van der Waals surface area contributed by atoms with Crippen molar-refractivity contribution in [2.45, 2.75) is 39.0 Å². The van der Waals surface area contributed by atoms with Crippen molar-refractivity contribution < 1.29 is 19.1 Å². The zero-order valence-electron chi connectivity index (χ0n) is 21.2. The van der Waals surface area contributed by atoms with Crippen molar-refractivity contribution in [2.75, 3.05) is 70.4 Å². The summed E-state index contributed by atoms with van der Waals surface area (Å²) < 4.78 is 11.3. The van der Waals surface area contributed by atoms with Gasteiger partial charge in [0, 0.05) is 64.6 Å². The highest BCUT2D eigenvalue weighted by Gasteiger charge is 2.26. The molecule has 192 valence electrons. The number of para-hydroxylation sites is 1. The van der Waals surface area contributed by atoms with Gasteiger partial charge in [-0.1, -0.05) is 18.2 Å². The Kier molecular flexibility index (Phi) is 8.43. The molecule has 2 aliphatic rings. The molecule has 1 aromatic carbocycles. The number of aliphatic hydroxyl groups excluding tert-OH is 1. The first kappa shape index (κ1) is 25.6. The van der Waals surface area contributed by atoms with Crippen LogP contribution in [-0.2, 0) is 11.3 Å². The number of anilines is 1. The van der Waals surface area contributed by atoms with E-state index < -0.39 is 6.10 Å². The van der Waals surface area contributed by atoms with Crippen LogP contribution in [0.5, 0.6) is 0 Å². The number of piperazine rings is 2. The number of amides is 1. The fourth-order valence-electron chi connectivity index (χ4n) is 4.47. The molecule has 0 bridgehead atoms. The smallest absolute Gasteiger partial charge is 0.275 e. The molecule has 1 aromatic heterocycles. The second-order valence-corrected chi connectivity index (χ2v) is 10.4. The van der Waals surface area contributed by atoms with Crippen molar-refractivity contribution in [3.63, 3.8) is 0 Å². The summed E-state index contributed by atoms with van der Waals surface area (Å²) in [5, 5.41) is 10.3. The van der Waals surface area contributed by atoms with E-state index in [0.29, 0.717) is 44.4 Å². The number of carbonyl (C=O) groups is 1. The maximum absolute atomic E-state index is 12.9. The normalized spacial score (nSPS) is 19.2. The number of β-amino-alcohol motifs (C(OH)–C–C–N with tert-alkyl or cyclic N) is 1. The van der Waals surface area contributed by atoms with Gasteiger partial charge in [0.15, 0.2) is 5.69 Å². The topological polar surface area (TPSA) is 85.5 Å². The van der Waals surface area contributed by atoms with E-state index in [0.717, 1.165) is 39.3 Å². The number of benzene rings is 1. The van der Waals surface area contributed by atoms with Gasteiger partial charge in [-0.3, -0.25) is 14.6 Å². The molecule has 9 nitrogen and oxygen atoms in total. The van der Waals surface area contributed by atoms with Crippen molar-refractivity contribution in [2.24, 2.45) is 0 Å². The molecule has 0 saturated carbocycles. The highest BCUT2D eigenvalue weighted by atomic mass is 16.5. The van der Waals surface area contributed by atoms with E-state index in [1.807, 2.05) is 43.9 Å². The fraction of sp³-hybridized carbons (Fsp3) is 0.615. The van der Waals surface area contributed by atoms with E-state index in [1.165, 1.54) is 12.0 Å². The van der Waals surface area contributed by atoms with E-state index in [4.69, 9.17) is 9.15 Å². The van der Waals surface area contributed by atoms with Crippen LogP contribution in [0, 0.1) is 0 Å². The molecule has 35 heavy (non-hydrogen) atoms. The van der Waals surface area contributed by atoms with E-state index in [1.54, 1.807) is 0 Å². The van der Waals surface area contributed by atoms with Gasteiger partial charge in [0.2, 0.25) is 5.89 Å². The Bertz CT molecular complexity index is 929. The molecule has 1 unspecified atom stereocenters. The lowest BCUT2D eigenvalue weighted by Crippen LogP contribution is -2.49. The van der Waals surface area contributed by atoms with Crippen LogP contribution < -0.4 is 4.90 Å². The number of aromatic nitrogens is 1. The Hall–Kier alpha value is -2.46. The lowest BCUT2D eigenvalue weighted by molar-refractivity contribution is -0.0588. The van der Waals surface area contributed by atoms with Gasteiger partial charge >= 0.3 is 0 Å². The minimum Gasteiger partial charge on any atom is -0.447 e. The number of rotatable bonds is 8. The molecule has 4 rings (SSSR count). The van der Waals surface area contributed by atoms with Crippen LogP contribution in [0.2, 0.25) is 0 Å². The SMILES string of the molecule is CC(C)(C)OCC(O)CN1CCN(Cc2nc(C(=O)N3CCN(c4ccccc4)CC3)co2)CC1. The molecule has 2 aromatic rings. The molecule has 2 saturated heterocycles. The number of aliphatic hydroxyl groups is 1. The molecule has 2 aliphatic heterocycles. The summed E-state index contributed by atoms with van der Waals surface area (Å²) in [7, 11) is 0. The quantitative estimate of drug-likeness (QED) is 0.607. The van der Waals surface area contributed by atoms with Crippen LogP contribution in [0.4, 0.5) is 5.69 Å². The summed E-state index contributed by atoms with van der Waals surface area (Å²) in [6.45, 7) is 13.9. The number of ether oxygens (including phenoxy) is 1. The Labute approximate surface area is 208 Å². The molecule has 1 N–H and O–H groups in total. The number of hydrogen-bond donors (Lipinski definition) is 1. The van der Waals surface area contributed by atoms with E-state index in [9.17, 15) is 9.90 Å². The minimum atomic E-state index is -0.490. The molecule has 0 radical (unpaired) electrons. The summed E-state index contributed by atoms with van der Waals surface area (Å²) in [6, 6.07) is 10.3. The number of carbonyl (C=O) groups excluding carboxylic acids is 1. The van der Waals surface area contributed by atoms with Crippen molar-refractivity contribution >= 4 is 11.6 Å². The van der Waals surface area contributed by atoms with Crippen molar-refractivity contribution in [3.8, 4) is 0 Å². The van der Waals surface area contributed by atoms with Crippen LogP contribution in [0.15, 0.2) is 41.0 Å². The zero-order valence-corrected chi connectivity index (χ0v) is 21.2. The van der Waals surface area contributed by atoms with Gasteiger partial charge in [-0.25, -0.2) is 4.98 Å². The van der Waals surface area contributed by atoms with Crippen molar-refractivity contribution in [1.82, 2.24) is 19.7 Å². The van der Waals surface area contributed by atoms with Gasteiger partial charge < -0.3 is 24.1 Å². The summed E-state index contributed by atoms with van der Waals surface area (Å²) in [5.74, 6) is 0.507. The first-order valence-electron chi connectivity index (χ1n) is 12.6. The average Bonchev–Trinajstić information content (AvgIpc) is 3.32. The molecular formula is C26H39N5O4. The third-order valence-corrected chi connectivity index (χ3v) is 6.46. The summed E-state index contributed by atoms with van der Waals surface area (Å²) in [5.41, 5.74) is 1.33. The monoisotopic (exact) mass is 485 g/mol. The lowest BCUT2D eigenvalue weighted by atomic mass is 10.2. The molecule has 9 heteroatoms. The third kappa shape index (κ3) is 7.51. The van der Waals surface area contributed by atoms with Gasteiger partial charge in [-0.2, -0.15) is 0 Å².